The molecule has 9 heteroatoms. The SMILES string of the molecule is CS(=O)(=O)Nc1ccccc1-c1ccc2[nH]c(C=Cc3cccc(C(F)(F)F)c3)nc2c1. The van der Waals surface area contributed by atoms with Crippen molar-refractivity contribution in [1.82, 2.24) is 9.97 Å². The number of aromatic amines is 1. The summed E-state index contributed by atoms with van der Waals surface area (Å²) in [5.41, 5.74) is 2.99. The van der Waals surface area contributed by atoms with Gasteiger partial charge in [-0.3, -0.25) is 4.72 Å². The molecule has 0 saturated heterocycles. The minimum absolute atomic E-state index is 0.404. The van der Waals surface area contributed by atoms with Crippen molar-refractivity contribution in [2.75, 3.05) is 11.0 Å². The van der Waals surface area contributed by atoms with Crippen LogP contribution in [0.15, 0.2) is 66.7 Å². The van der Waals surface area contributed by atoms with Gasteiger partial charge in [-0.25, -0.2) is 13.4 Å². The van der Waals surface area contributed by atoms with Gasteiger partial charge in [-0.1, -0.05) is 42.5 Å². The molecule has 0 saturated carbocycles. The first kappa shape index (κ1) is 21.6. The van der Waals surface area contributed by atoms with Gasteiger partial charge in [-0.05, 0) is 47.5 Å². The molecule has 2 N–H and O–H groups in total. The number of aromatic nitrogens is 2. The van der Waals surface area contributed by atoms with Crippen molar-refractivity contribution in [2.24, 2.45) is 0 Å². The third-order valence-corrected chi connectivity index (χ3v) is 5.27. The first-order valence-electron chi connectivity index (χ1n) is 9.51. The highest BCUT2D eigenvalue weighted by molar-refractivity contribution is 7.92. The molecule has 0 spiro atoms. The number of anilines is 1. The zero-order valence-corrected chi connectivity index (χ0v) is 17.6. The van der Waals surface area contributed by atoms with E-state index in [0.29, 0.717) is 28.2 Å². The van der Waals surface area contributed by atoms with Crippen molar-refractivity contribution >= 4 is 38.9 Å². The summed E-state index contributed by atoms with van der Waals surface area (Å²) in [6, 6.07) is 17.5. The molecule has 0 unspecified atom stereocenters. The molecule has 0 amide bonds. The lowest BCUT2D eigenvalue weighted by molar-refractivity contribution is -0.137. The Balaban J connectivity index is 1.65. The maximum atomic E-state index is 12.9. The van der Waals surface area contributed by atoms with E-state index in [4.69, 9.17) is 0 Å². The molecule has 0 aliphatic rings. The molecule has 0 aliphatic carbocycles. The number of fused-ring (bicyclic) bond motifs is 1. The van der Waals surface area contributed by atoms with Crippen LogP contribution in [0.25, 0.3) is 34.3 Å². The highest BCUT2D eigenvalue weighted by atomic mass is 32.2. The van der Waals surface area contributed by atoms with E-state index in [1.807, 2.05) is 18.2 Å². The summed E-state index contributed by atoms with van der Waals surface area (Å²) in [4.78, 5) is 7.60. The van der Waals surface area contributed by atoms with E-state index in [9.17, 15) is 21.6 Å². The van der Waals surface area contributed by atoms with Crippen molar-refractivity contribution in [3.05, 3.63) is 83.7 Å². The number of hydrogen-bond acceptors (Lipinski definition) is 3. The number of para-hydroxylation sites is 1. The fourth-order valence-electron chi connectivity index (χ4n) is 3.29. The lowest BCUT2D eigenvalue weighted by Gasteiger charge is -2.10. The monoisotopic (exact) mass is 457 g/mol. The number of nitrogens with one attached hydrogen (secondary N) is 2. The van der Waals surface area contributed by atoms with Crippen molar-refractivity contribution in [1.29, 1.82) is 0 Å². The molecule has 4 aromatic rings. The first-order chi connectivity index (χ1) is 15.1. The van der Waals surface area contributed by atoms with E-state index >= 15 is 0 Å². The molecule has 0 atom stereocenters. The maximum absolute atomic E-state index is 12.9. The largest absolute Gasteiger partial charge is 0.416 e. The van der Waals surface area contributed by atoms with Crippen LogP contribution >= 0.6 is 0 Å². The normalized spacial score (nSPS) is 12.5. The Morgan fingerprint density at radius 3 is 2.50 bits per heavy atom. The number of H-pyrrole nitrogens is 1. The zero-order chi connectivity index (χ0) is 22.9. The van der Waals surface area contributed by atoms with Crippen molar-refractivity contribution < 1.29 is 21.6 Å². The minimum Gasteiger partial charge on any atom is -0.338 e. The first-order valence-corrected chi connectivity index (χ1v) is 11.4. The number of imidazole rings is 1. The van der Waals surface area contributed by atoms with Gasteiger partial charge in [-0.15, -0.1) is 0 Å². The molecule has 3 aromatic carbocycles. The minimum atomic E-state index is -4.40. The second-order valence-corrected chi connectivity index (χ2v) is 8.98. The Hall–Kier alpha value is -3.59. The Morgan fingerprint density at radius 1 is 0.969 bits per heavy atom. The van der Waals surface area contributed by atoms with Gasteiger partial charge >= 0.3 is 6.18 Å². The Bertz CT molecular complexity index is 1420. The number of benzene rings is 3. The second-order valence-electron chi connectivity index (χ2n) is 7.23. The topological polar surface area (TPSA) is 74.8 Å². The molecule has 4 rings (SSSR count). The fraction of sp³-hybridized carbons (Fsp3) is 0.0870. The molecule has 32 heavy (non-hydrogen) atoms. The second kappa shape index (κ2) is 8.16. The lowest BCUT2D eigenvalue weighted by Crippen LogP contribution is -2.10. The third-order valence-electron chi connectivity index (χ3n) is 4.68. The van der Waals surface area contributed by atoms with E-state index < -0.39 is 21.8 Å². The predicted molar refractivity (Wildman–Crippen MR) is 120 cm³/mol. The predicted octanol–water partition coefficient (Wildman–Crippen LogP) is 5.79. The van der Waals surface area contributed by atoms with E-state index in [-0.39, 0.29) is 0 Å². The van der Waals surface area contributed by atoms with Crippen LogP contribution < -0.4 is 4.72 Å². The quantitative estimate of drug-likeness (QED) is 0.398. The van der Waals surface area contributed by atoms with Crippen LogP contribution in [0.4, 0.5) is 18.9 Å². The van der Waals surface area contributed by atoms with Crippen LogP contribution in [0.2, 0.25) is 0 Å². The van der Waals surface area contributed by atoms with Gasteiger partial charge in [-0.2, -0.15) is 13.2 Å². The van der Waals surface area contributed by atoms with Gasteiger partial charge in [0, 0.05) is 5.56 Å². The number of sulfonamides is 1. The number of nitrogens with zero attached hydrogens (tertiary/aromatic N) is 1. The van der Waals surface area contributed by atoms with E-state index in [2.05, 4.69) is 14.7 Å². The van der Waals surface area contributed by atoms with Gasteiger partial charge in [0.1, 0.15) is 5.82 Å². The summed E-state index contributed by atoms with van der Waals surface area (Å²) in [6.07, 6.45) is -0.154. The highest BCUT2D eigenvalue weighted by Gasteiger charge is 2.30. The van der Waals surface area contributed by atoms with Gasteiger partial charge in [0.25, 0.3) is 0 Å². The molecule has 1 aromatic heterocycles. The molecule has 0 fully saturated rings. The van der Waals surface area contributed by atoms with Gasteiger partial charge in [0.05, 0.1) is 28.5 Å². The summed E-state index contributed by atoms with van der Waals surface area (Å²) in [5.74, 6) is 0.483. The molecule has 1 heterocycles. The van der Waals surface area contributed by atoms with Gasteiger partial charge in [0.15, 0.2) is 0 Å². The number of halogens is 3. The molecule has 0 radical (unpaired) electrons. The van der Waals surface area contributed by atoms with Gasteiger partial charge < -0.3 is 4.98 Å². The summed E-state index contributed by atoms with van der Waals surface area (Å²) in [5, 5.41) is 0. The molecule has 0 bridgehead atoms. The average molecular weight is 457 g/mol. The van der Waals surface area contributed by atoms with Crippen LogP contribution in [0.1, 0.15) is 17.0 Å². The number of hydrogen-bond donors (Lipinski definition) is 2. The van der Waals surface area contributed by atoms with Crippen LogP contribution in [0.5, 0.6) is 0 Å². The van der Waals surface area contributed by atoms with E-state index in [1.54, 1.807) is 42.5 Å². The Kier molecular flexibility index (Phi) is 5.52. The van der Waals surface area contributed by atoms with Crippen LogP contribution in [-0.2, 0) is 16.2 Å². The summed E-state index contributed by atoms with van der Waals surface area (Å²) < 4.78 is 64.5. The van der Waals surface area contributed by atoms with Crippen LogP contribution in [0.3, 0.4) is 0 Å². The molecular formula is C23H18F3N3O2S. The smallest absolute Gasteiger partial charge is 0.338 e. The highest BCUT2D eigenvalue weighted by Crippen LogP contribution is 2.31. The van der Waals surface area contributed by atoms with Crippen LogP contribution in [-0.4, -0.2) is 24.6 Å². The Morgan fingerprint density at radius 2 is 1.75 bits per heavy atom. The van der Waals surface area contributed by atoms with Crippen molar-refractivity contribution in [3.8, 4) is 11.1 Å². The summed E-state index contributed by atoms with van der Waals surface area (Å²) in [7, 11) is -3.44. The van der Waals surface area contributed by atoms with E-state index in [1.165, 1.54) is 6.07 Å². The average Bonchev–Trinajstić information content (AvgIpc) is 3.13. The Labute approximate surface area is 182 Å². The molecule has 0 aliphatic heterocycles. The molecule has 164 valence electrons. The summed E-state index contributed by atoms with van der Waals surface area (Å²) in [6.45, 7) is 0. The lowest BCUT2D eigenvalue weighted by atomic mass is 10.0. The van der Waals surface area contributed by atoms with Crippen molar-refractivity contribution in [2.45, 2.75) is 6.18 Å². The molecule has 5 nitrogen and oxygen atoms in total. The summed E-state index contributed by atoms with van der Waals surface area (Å²) >= 11 is 0. The van der Waals surface area contributed by atoms with Crippen LogP contribution in [0, 0.1) is 0 Å². The third kappa shape index (κ3) is 5.00. The zero-order valence-electron chi connectivity index (χ0n) is 16.8. The van der Waals surface area contributed by atoms with Crippen molar-refractivity contribution in [3.63, 3.8) is 0 Å². The maximum Gasteiger partial charge on any atom is 0.416 e. The van der Waals surface area contributed by atoms with Gasteiger partial charge in [0.2, 0.25) is 10.0 Å². The number of alkyl halides is 3. The molecular weight excluding hydrogens is 439 g/mol. The standard InChI is InChI=1S/C23H18F3N3O2S/c1-32(30,31)29-19-8-3-2-7-18(19)16-10-11-20-21(14-16)28-22(27-20)12-9-15-5-4-6-17(13-15)23(24,25)26/h2-14,29H,1H3,(H,27,28). The number of rotatable bonds is 5. The fourth-order valence-corrected chi connectivity index (χ4v) is 3.87. The van der Waals surface area contributed by atoms with E-state index in [0.717, 1.165) is 29.5 Å².